The molecular weight excluding hydrogens is 308 g/mol. The highest BCUT2D eigenvalue weighted by molar-refractivity contribution is 5.99. The monoisotopic (exact) mass is 321 g/mol. The lowest BCUT2D eigenvalue weighted by Crippen LogP contribution is -2.04. The molecule has 23 heavy (non-hydrogen) atoms. The first-order chi connectivity index (χ1) is 11.0. The second kappa shape index (κ2) is 7.30. The Labute approximate surface area is 130 Å². The predicted molar refractivity (Wildman–Crippen MR) is 82.0 cm³/mol. The normalized spacial score (nSPS) is 11.4. The minimum atomic E-state index is -2.90. The summed E-state index contributed by atoms with van der Waals surface area (Å²) in [7, 11) is 0. The number of benzene rings is 2. The fourth-order valence-electron chi connectivity index (χ4n) is 1.80. The molecule has 0 atom stereocenters. The van der Waals surface area contributed by atoms with Crippen molar-refractivity contribution in [1.82, 2.24) is 0 Å². The van der Waals surface area contributed by atoms with Crippen molar-refractivity contribution in [2.75, 3.05) is 5.43 Å². The number of ether oxygens (including phenoxy) is 1. The van der Waals surface area contributed by atoms with Gasteiger partial charge >= 0.3 is 6.61 Å². The Morgan fingerprint density at radius 2 is 2.00 bits per heavy atom. The van der Waals surface area contributed by atoms with E-state index < -0.39 is 11.5 Å². The third kappa shape index (κ3) is 4.73. The molecule has 8 heteroatoms. The Kier molecular flexibility index (Phi) is 5.19. The molecule has 0 saturated heterocycles. The highest BCUT2D eigenvalue weighted by Crippen LogP contribution is 2.19. The lowest BCUT2D eigenvalue weighted by molar-refractivity contribution is -0.384. The molecule has 2 aromatic rings. The van der Waals surface area contributed by atoms with Gasteiger partial charge in [0.25, 0.3) is 5.69 Å². The molecule has 0 aromatic heterocycles. The zero-order valence-electron chi connectivity index (χ0n) is 12.1. The molecule has 0 unspecified atom stereocenters. The number of non-ortho nitro benzene ring substituents is 1. The van der Waals surface area contributed by atoms with E-state index in [9.17, 15) is 18.9 Å². The van der Waals surface area contributed by atoms with E-state index >= 15 is 0 Å². The van der Waals surface area contributed by atoms with Crippen LogP contribution < -0.4 is 10.2 Å². The van der Waals surface area contributed by atoms with E-state index in [1.807, 2.05) is 0 Å². The summed E-state index contributed by atoms with van der Waals surface area (Å²) in [6.45, 7) is -1.23. The first-order valence-electron chi connectivity index (χ1n) is 6.55. The molecule has 0 amide bonds. The average molecular weight is 321 g/mol. The van der Waals surface area contributed by atoms with Crippen LogP contribution in [0, 0.1) is 10.1 Å². The molecule has 2 aromatic carbocycles. The van der Waals surface area contributed by atoms with Gasteiger partial charge in [-0.2, -0.15) is 13.9 Å². The van der Waals surface area contributed by atoms with Gasteiger partial charge < -0.3 is 4.74 Å². The largest absolute Gasteiger partial charge is 0.435 e. The van der Waals surface area contributed by atoms with E-state index in [4.69, 9.17) is 0 Å². The summed E-state index contributed by atoms with van der Waals surface area (Å²) in [6.07, 6.45) is 0. The SMILES string of the molecule is CC(=NNc1cccc([N+](=O)[O-])c1)c1cccc(OC(F)F)c1. The van der Waals surface area contributed by atoms with E-state index in [1.165, 1.54) is 30.3 Å². The molecule has 2 rings (SSSR count). The van der Waals surface area contributed by atoms with Gasteiger partial charge in [0.15, 0.2) is 0 Å². The molecule has 0 aliphatic heterocycles. The second-order valence-corrected chi connectivity index (χ2v) is 4.52. The number of alkyl halides is 2. The highest BCUT2D eigenvalue weighted by atomic mass is 19.3. The van der Waals surface area contributed by atoms with Crippen molar-refractivity contribution in [1.29, 1.82) is 0 Å². The Morgan fingerprint density at radius 1 is 1.26 bits per heavy atom. The number of anilines is 1. The van der Waals surface area contributed by atoms with Crippen LogP contribution in [-0.2, 0) is 0 Å². The van der Waals surface area contributed by atoms with E-state index in [-0.39, 0.29) is 11.4 Å². The third-order valence-electron chi connectivity index (χ3n) is 2.89. The van der Waals surface area contributed by atoms with E-state index in [0.29, 0.717) is 17.0 Å². The average Bonchev–Trinajstić information content (AvgIpc) is 2.52. The van der Waals surface area contributed by atoms with Crippen LogP contribution in [0.2, 0.25) is 0 Å². The Bertz CT molecular complexity index is 735. The van der Waals surface area contributed by atoms with Crippen molar-refractivity contribution in [3.63, 3.8) is 0 Å². The minimum Gasteiger partial charge on any atom is -0.435 e. The molecule has 0 fully saturated rings. The molecule has 1 N–H and O–H groups in total. The quantitative estimate of drug-likeness (QED) is 0.495. The molecule has 0 heterocycles. The molecular formula is C15H13F2N3O3. The smallest absolute Gasteiger partial charge is 0.387 e. The van der Waals surface area contributed by atoms with Gasteiger partial charge in [-0.05, 0) is 25.1 Å². The van der Waals surface area contributed by atoms with Crippen LogP contribution in [0.3, 0.4) is 0 Å². The number of rotatable bonds is 6. The van der Waals surface area contributed by atoms with E-state index in [0.717, 1.165) is 0 Å². The Balaban J connectivity index is 2.13. The first kappa shape index (κ1) is 16.3. The fraction of sp³-hybridized carbons (Fsp3) is 0.133. The van der Waals surface area contributed by atoms with Crippen molar-refractivity contribution in [2.45, 2.75) is 13.5 Å². The number of nitro benzene ring substituents is 1. The van der Waals surface area contributed by atoms with E-state index in [1.54, 1.807) is 25.1 Å². The number of nitrogens with zero attached hydrogens (tertiary/aromatic N) is 2. The van der Waals surface area contributed by atoms with Gasteiger partial charge in [-0.25, -0.2) is 0 Å². The maximum absolute atomic E-state index is 12.2. The molecule has 6 nitrogen and oxygen atoms in total. The van der Waals surface area contributed by atoms with Gasteiger partial charge in [-0.3, -0.25) is 15.5 Å². The highest BCUT2D eigenvalue weighted by Gasteiger charge is 2.07. The molecule has 0 spiro atoms. The molecule has 0 radical (unpaired) electrons. The van der Waals surface area contributed by atoms with Crippen LogP contribution in [0.15, 0.2) is 53.6 Å². The zero-order valence-corrected chi connectivity index (χ0v) is 12.1. The number of hydrogen-bond acceptors (Lipinski definition) is 5. The summed E-state index contributed by atoms with van der Waals surface area (Å²) in [5, 5.41) is 14.8. The van der Waals surface area contributed by atoms with Crippen LogP contribution in [0.25, 0.3) is 0 Å². The molecule has 0 aliphatic rings. The van der Waals surface area contributed by atoms with Crippen molar-refractivity contribution >= 4 is 17.1 Å². The maximum Gasteiger partial charge on any atom is 0.387 e. The first-order valence-corrected chi connectivity index (χ1v) is 6.55. The summed E-state index contributed by atoms with van der Waals surface area (Å²) in [6, 6.07) is 12.0. The number of nitrogens with one attached hydrogen (secondary N) is 1. The van der Waals surface area contributed by atoms with Crippen molar-refractivity contribution in [3.8, 4) is 5.75 Å². The van der Waals surface area contributed by atoms with Crippen LogP contribution in [0.1, 0.15) is 12.5 Å². The van der Waals surface area contributed by atoms with Gasteiger partial charge in [0.05, 0.1) is 16.3 Å². The standard InChI is InChI=1S/C15H13F2N3O3/c1-10(11-4-2-7-14(8-11)23-15(16)17)18-19-12-5-3-6-13(9-12)20(21)22/h2-9,15,19H,1H3. The summed E-state index contributed by atoms with van der Waals surface area (Å²) >= 11 is 0. The zero-order chi connectivity index (χ0) is 16.8. The number of hydrogen-bond donors (Lipinski definition) is 1. The number of nitro groups is 1. The summed E-state index contributed by atoms with van der Waals surface area (Å²) < 4.78 is 28.7. The molecule has 0 saturated carbocycles. The Hall–Kier alpha value is -3.03. The van der Waals surface area contributed by atoms with Gasteiger partial charge in [0, 0.05) is 17.7 Å². The second-order valence-electron chi connectivity index (χ2n) is 4.52. The topological polar surface area (TPSA) is 76.8 Å². The van der Waals surface area contributed by atoms with Crippen molar-refractivity contribution in [2.24, 2.45) is 5.10 Å². The van der Waals surface area contributed by atoms with Crippen LogP contribution in [0.4, 0.5) is 20.2 Å². The summed E-state index contributed by atoms with van der Waals surface area (Å²) in [4.78, 5) is 10.2. The summed E-state index contributed by atoms with van der Waals surface area (Å²) in [5.41, 5.74) is 4.17. The van der Waals surface area contributed by atoms with Gasteiger partial charge in [0.2, 0.25) is 0 Å². The molecule has 120 valence electrons. The molecule has 0 bridgehead atoms. The van der Waals surface area contributed by atoms with Crippen molar-refractivity contribution in [3.05, 3.63) is 64.2 Å². The Morgan fingerprint density at radius 3 is 2.70 bits per heavy atom. The van der Waals surface area contributed by atoms with Gasteiger partial charge in [-0.15, -0.1) is 0 Å². The number of hydrazone groups is 1. The summed E-state index contributed by atoms with van der Waals surface area (Å²) in [5.74, 6) is 0.0300. The van der Waals surface area contributed by atoms with Crippen molar-refractivity contribution < 1.29 is 18.4 Å². The lowest BCUT2D eigenvalue weighted by atomic mass is 10.1. The molecule has 0 aliphatic carbocycles. The lowest BCUT2D eigenvalue weighted by Gasteiger charge is -2.07. The third-order valence-corrected chi connectivity index (χ3v) is 2.89. The van der Waals surface area contributed by atoms with E-state index in [2.05, 4.69) is 15.3 Å². The van der Waals surface area contributed by atoms with Crippen LogP contribution in [0.5, 0.6) is 5.75 Å². The minimum absolute atomic E-state index is 0.0300. The predicted octanol–water partition coefficient (Wildman–Crippen LogP) is 4.03. The van der Waals surface area contributed by atoms with Crippen LogP contribution in [-0.4, -0.2) is 17.2 Å². The number of halogens is 2. The van der Waals surface area contributed by atoms with Gasteiger partial charge in [0.1, 0.15) is 5.75 Å². The van der Waals surface area contributed by atoms with Crippen LogP contribution >= 0.6 is 0 Å². The maximum atomic E-state index is 12.2. The van der Waals surface area contributed by atoms with Gasteiger partial charge in [-0.1, -0.05) is 18.2 Å². The fourth-order valence-corrected chi connectivity index (χ4v) is 1.80.